The van der Waals surface area contributed by atoms with E-state index in [1.54, 1.807) is 50.7 Å². The van der Waals surface area contributed by atoms with E-state index in [1.807, 2.05) is 143 Å². The zero-order valence-electron chi connectivity index (χ0n) is 92.0. The van der Waals surface area contributed by atoms with Crippen LogP contribution >= 0.6 is 0 Å². The third-order valence-corrected chi connectivity index (χ3v) is 26.0. The van der Waals surface area contributed by atoms with Crippen LogP contribution in [0.1, 0.15) is 327 Å². The minimum atomic E-state index is -0.206. The molecule has 0 spiro atoms. The van der Waals surface area contributed by atoms with Crippen LogP contribution in [0.25, 0.3) is 67.5 Å². The standard InChI is InChI=1S/4C11H14N2.C11H13N.C10H11FN2.3C10H12N2.3C9H11N3/c1-8(2)10-4-5-13-7-9(3)12-11(13)6-10;3*1-8(2)10-4-5-13-9(3)7-12-11(13)6-10;1-9(2)10-5-6-11-4-3-7-12(11)8-10;1-7(2)8-3-5-13-6-4-12-10(13)9(8)11;2*1-8(2)9-3-5-12-6-4-11-10(12)7-9;1-8(2)9-3-4-10-5-6-11-12(10)7-9;1-7(2)8-5-10-9-3-4-11-12(9)6-8;1-7(2)8-3-4-12-6-10-11-9(12)5-8;1-7(2)8-3-4-9-10-6-11-12(9)5-8/h4*4-8H,1-3H3;3-9H,1-2H3;3-7H,1-2H3;3*3-8H,1-2H3;3*3-7H,1-2H3. The van der Waals surface area contributed by atoms with Crippen molar-refractivity contribution in [2.45, 2.75) is 265 Å². The van der Waals surface area contributed by atoms with Crippen molar-refractivity contribution in [3.8, 4) is 0 Å². The highest BCUT2D eigenvalue weighted by molar-refractivity contribution is 5.53. The normalized spacial score (nSPS) is 11.3. The van der Waals surface area contributed by atoms with Gasteiger partial charge in [0.1, 0.15) is 46.5 Å². The number of fused-ring (bicyclic) bond motifs is 12. The number of aryl methyl sites for hydroxylation is 4. The Kier molecular flexibility index (Phi) is 38.1. The first-order valence-corrected chi connectivity index (χ1v) is 51.9. The smallest absolute Gasteiger partial charge is 0.173 e. The molecule has 0 N–H and O–H groups in total. The molecule has 0 aliphatic heterocycles. The molecule has 24 aromatic heterocycles. The third-order valence-electron chi connectivity index (χ3n) is 26.0. The molecule has 0 radical (unpaired) electrons. The van der Waals surface area contributed by atoms with Gasteiger partial charge in [0.15, 0.2) is 28.4 Å². The second-order valence-corrected chi connectivity index (χ2v) is 41.3. The SMILES string of the molecule is CC(C)c1ccc2cccn2c1.CC(C)c1ccc2ccnn2c1.CC(C)c1ccc2ncnn2c1.CC(C)c1ccn2ccnc2c1.CC(C)c1ccn2ccnc2c1.CC(C)c1ccn2ccnc2c1F.CC(C)c1ccn2cnnc2c1.CC(C)c1cnc2ccnn2c1.Cc1cn2ccc(C(C)C)cc2n1.Cc1cnc2cc(C(C)C)ccn12.Cc1cnc2cc(C(C)C)ccn12.Cc1cnc2cc(C(C)C)ccn12. The highest BCUT2D eigenvalue weighted by Gasteiger charge is 2.15. The first-order valence-electron chi connectivity index (χ1n) is 51.9. The maximum atomic E-state index is 13.7. The van der Waals surface area contributed by atoms with E-state index in [0.29, 0.717) is 70.7 Å². The summed E-state index contributed by atoms with van der Waals surface area (Å²) in [5, 5.41) is 20.2. The Morgan fingerprint density at radius 3 is 1.12 bits per heavy atom. The van der Waals surface area contributed by atoms with E-state index in [2.05, 4.69) is 449 Å². The molecule has 24 rings (SSSR count). The highest BCUT2D eigenvalue weighted by Crippen LogP contribution is 2.27. The van der Waals surface area contributed by atoms with E-state index >= 15 is 0 Å². The quantitative estimate of drug-likeness (QED) is 0.111. The van der Waals surface area contributed by atoms with Crippen molar-refractivity contribution in [3.05, 3.63) is 421 Å². The van der Waals surface area contributed by atoms with E-state index < -0.39 is 0 Å². The molecule has 0 saturated heterocycles. The van der Waals surface area contributed by atoms with Crippen LogP contribution < -0.4 is 0 Å². The van der Waals surface area contributed by atoms with Gasteiger partial charge in [-0.05, 0) is 293 Å². The van der Waals surface area contributed by atoms with Gasteiger partial charge >= 0.3 is 0 Å². The molecule has 27 heteroatoms. The summed E-state index contributed by atoms with van der Waals surface area (Å²) < 4.78 is 37.3. The molecule has 24 aromatic rings. The summed E-state index contributed by atoms with van der Waals surface area (Å²) in [6.07, 6.45) is 54.1. The molecule has 0 saturated carbocycles. The maximum absolute atomic E-state index is 13.7. The maximum Gasteiger partial charge on any atom is 0.173 e. The molecule has 24 heterocycles. The second-order valence-electron chi connectivity index (χ2n) is 41.3. The van der Waals surface area contributed by atoms with Crippen molar-refractivity contribution in [2.24, 2.45) is 0 Å². The summed E-state index contributed by atoms with van der Waals surface area (Å²) in [7, 11) is 0. The first kappa shape index (κ1) is 110. The van der Waals surface area contributed by atoms with Gasteiger partial charge in [-0.1, -0.05) is 184 Å². The lowest BCUT2D eigenvalue weighted by Gasteiger charge is -2.06. The second kappa shape index (κ2) is 51.4. The summed E-state index contributed by atoms with van der Waals surface area (Å²) in [5.74, 6) is 6.20. The summed E-state index contributed by atoms with van der Waals surface area (Å²) in [4.78, 5) is 38.1. The van der Waals surface area contributed by atoms with Crippen molar-refractivity contribution >= 4 is 67.5 Å². The molecule has 26 nitrogen and oxygen atoms in total. The fourth-order valence-corrected chi connectivity index (χ4v) is 16.1. The minimum Gasteiger partial charge on any atom is -0.324 e. The number of hydrogen-bond acceptors (Lipinski definition) is 14. The number of halogens is 1. The van der Waals surface area contributed by atoms with Crippen molar-refractivity contribution < 1.29 is 4.39 Å². The zero-order valence-corrected chi connectivity index (χ0v) is 92.0. The number of pyridine rings is 11. The van der Waals surface area contributed by atoms with Crippen LogP contribution in [0, 0.1) is 33.5 Å². The third kappa shape index (κ3) is 29.5. The zero-order chi connectivity index (χ0) is 107. The molecular weight excluding hydrogens is 1850 g/mol. The summed E-state index contributed by atoms with van der Waals surface area (Å²) in [6.45, 7) is 60.2. The van der Waals surface area contributed by atoms with Crippen LogP contribution in [0.15, 0.2) is 325 Å². The Balaban J connectivity index is 0.000000136. The molecule has 0 aromatic carbocycles. The average Bonchev–Trinajstić information content (AvgIpc) is 1.70. The van der Waals surface area contributed by atoms with Crippen LogP contribution in [-0.2, 0) is 0 Å². The lowest BCUT2D eigenvalue weighted by molar-refractivity contribution is 0.600. The monoisotopic (exact) mass is 2000 g/mol. The van der Waals surface area contributed by atoms with Crippen molar-refractivity contribution in [3.63, 3.8) is 0 Å². The van der Waals surface area contributed by atoms with Gasteiger partial charge in [0.25, 0.3) is 0 Å². The van der Waals surface area contributed by atoms with Crippen LogP contribution in [0.3, 0.4) is 0 Å². The Morgan fingerprint density at radius 2 is 0.624 bits per heavy atom. The summed E-state index contributed by atoms with van der Waals surface area (Å²) in [6, 6.07) is 52.5. The van der Waals surface area contributed by atoms with Gasteiger partial charge in [-0.15, -0.1) is 10.2 Å². The van der Waals surface area contributed by atoms with E-state index in [1.165, 1.54) is 83.8 Å². The van der Waals surface area contributed by atoms with Crippen molar-refractivity contribution in [1.29, 1.82) is 0 Å². The van der Waals surface area contributed by atoms with Crippen LogP contribution in [0.2, 0.25) is 0 Å². The summed E-state index contributed by atoms with van der Waals surface area (Å²) in [5.41, 5.74) is 31.7. The van der Waals surface area contributed by atoms with Gasteiger partial charge in [0.05, 0.1) is 17.4 Å². The number of nitrogens with zero attached hydrogens (tertiary/aromatic N) is 26. The van der Waals surface area contributed by atoms with Crippen LogP contribution in [-0.4, -0.2) is 124 Å². The molecule has 774 valence electrons. The molecule has 0 fully saturated rings. The van der Waals surface area contributed by atoms with E-state index in [0.717, 1.165) is 67.6 Å². The molecule has 0 aliphatic rings. The summed E-state index contributed by atoms with van der Waals surface area (Å²) >= 11 is 0. The largest absolute Gasteiger partial charge is 0.324 e. The minimum absolute atomic E-state index is 0.196. The number of imidazole rings is 7. The number of rotatable bonds is 12. The molecule has 149 heavy (non-hydrogen) atoms. The lowest BCUT2D eigenvalue weighted by Crippen LogP contribution is -1.97. The fourth-order valence-electron chi connectivity index (χ4n) is 16.1. The predicted molar refractivity (Wildman–Crippen MR) is 606 cm³/mol. The van der Waals surface area contributed by atoms with Crippen molar-refractivity contribution in [1.82, 2.24) is 124 Å². The predicted octanol–water partition coefficient (Wildman–Crippen LogP) is 29.7. The van der Waals surface area contributed by atoms with Gasteiger partial charge in [0.2, 0.25) is 0 Å². The van der Waals surface area contributed by atoms with Gasteiger partial charge < -0.3 is 35.2 Å². The van der Waals surface area contributed by atoms with Gasteiger partial charge in [-0.25, -0.2) is 62.8 Å². The first-order chi connectivity index (χ1) is 71.3. The Hall–Kier alpha value is -15.9. The van der Waals surface area contributed by atoms with E-state index in [9.17, 15) is 4.39 Å². The van der Waals surface area contributed by atoms with E-state index in [4.69, 9.17) is 0 Å². The van der Waals surface area contributed by atoms with E-state index in [-0.39, 0.29) is 11.7 Å². The Bertz CT molecular complexity index is 7330. The topological polar surface area (TPSA) is 233 Å². The van der Waals surface area contributed by atoms with Crippen LogP contribution in [0.5, 0.6) is 0 Å². The molecular formula is C122H149FN26. The lowest BCUT2D eigenvalue weighted by atomic mass is 10.0. The molecule has 0 atom stereocenters. The van der Waals surface area contributed by atoms with Gasteiger partial charge in [-0.2, -0.15) is 15.3 Å². The molecule has 0 amide bonds. The van der Waals surface area contributed by atoms with Gasteiger partial charge in [-0.3, -0.25) is 4.40 Å². The Morgan fingerprint density at radius 1 is 0.242 bits per heavy atom. The average molecular weight is 2000 g/mol. The van der Waals surface area contributed by atoms with Gasteiger partial charge in [0, 0.05) is 184 Å². The fraction of sp³-hybridized carbons (Fsp3) is 0.328. The molecule has 0 bridgehead atoms. The van der Waals surface area contributed by atoms with Crippen molar-refractivity contribution in [2.75, 3.05) is 0 Å². The van der Waals surface area contributed by atoms with Crippen LogP contribution in [0.4, 0.5) is 4.39 Å². The number of hydrogen-bond donors (Lipinski definition) is 0. The Labute approximate surface area is 875 Å². The number of aromatic nitrogens is 26. The molecule has 0 aliphatic carbocycles. The highest BCUT2D eigenvalue weighted by atomic mass is 19.1. The molecule has 0 unspecified atom stereocenters.